The van der Waals surface area contributed by atoms with Crippen molar-refractivity contribution in [3.8, 4) is 0 Å². The third kappa shape index (κ3) is 6.60. The first-order valence-corrected chi connectivity index (χ1v) is 10.0. The molecule has 0 fully saturated rings. The maximum Gasteiger partial charge on any atom is 0.319 e. The SMILES string of the molecule is CC(C)NC(=O)Nc1ccc(NC(=O)C(=Cc2ccco2)NC(=O)c2ccccc2)cc1. The molecule has 1 aromatic heterocycles. The highest BCUT2D eigenvalue weighted by molar-refractivity contribution is 6.10. The van der Waals surface area contributed by atoms with Crippen LogP contribution in [0.3, 0.4) is 0 Å². The highest BCUT2D eigenvalue weighted by Crippen LogP contribution is 2.15. The topological polar surface area (TPSA) is 112 Å². The number of hydrogen-bond donors (Lipinski definition) is 4. The zero-order valence-corrected chi connectivity index (χ0v) is 17.7. The van der Waals surface area contributed by atoms with E-state index in [9.17, 15) is 14.4 Å². The number of carbonyl (C=O) groups is 3. The number of urea groups is 1. The number of carbonyl (C=O) groups excluding carboxylic acids is 3. The fraction of sp³-hybridized carbons (Fsp3) is 0.125. The van der Waals surface area contributed by atoms with Crippen LogP contribution in [-0.2, 0) is 4.79 Å². The van der Waals surface area contributed by atoms with Crippen LogP contribution in [0, 0.1) is 0 Å². The largest absolute Gasteiger partial charge is 0.465 e. The van der Waals surface area contributed by atoms with Crippen LogP contribution in [0.25, 0.3) is 6.08 Å². The van der Waals surface area contributed by atoms with E-state index in [-0.39, 0.29) is 17.8 Å². The second-order valence-electron chi connectivity index (χ2n) is 7.18. The fourth-order valence-electron chi connectivity index (χ4n) is 2.72. The lowest BCUT2D eigenvalue weighted by atomic mass is 10.2. The van der Waals surface area contributed by atoms with E-state index in [4.69, 9.17) is 4.42 Å². The molecule has 164 valence electrons. The quantitative estimate of drug-likeness (QED) is 0.419. The molecule has 0 radical (unpaired) electrons. The van der Waals surface area contributed by atoms with Crippen molar-refractivity contribution in [2.45, 2.75) is 19.9 Å². The highest BCUT2D eigenvalue weighted by atomic mass is 16.3. The Morgan fingerprint density at radius 1 is 0.844 bits per heavy atom. The van der Waals surface area contributed by atoms with E-state index in [0.717, 1.165) is 0 Å². The minimum atomic E-state index is -0.524. The number of hydrogen-bond acceptors (Lipinski definition) is 4. The first-order valence-electron chi connectivity index (χ1n) is 10.0. The molecule has 2 aromatic carbocycles. The predicted octanol–water partition coefficient (Wildman–Crippen LogP) is 4.22. The number of rotatable bonds is 7. The molecular weight excluding hydrogens is 408 g/mol. The number of nitrogens with one attached hydrogen (secondary N) is 4. The van der Waals surface area contributed by atoms with Crippen molar-refractivity contribution in [2.24, 2.45) is 0 Å². The Kier molecular flexibility index (Phi) is 7.42. The molecule has 0 aliphatic carbocycles. The van der Waals surface area contributed by atoms with Gasteiger partial charge in [0.05, 0.1) is 6.26 Å². The zero-order valence-electron chi connectivity index (χ0n) is 17.7. The Balaban J connectivity index is 1.71. The lowest BCUT2D eigenvalue weighted by Gasteiger charge is -2.12. The molecule has 0 saturated carbocycles. The summed E-state index contributed by atoms with van der Waals surface area (Å²) < 4.78 is 5.28. The van der Waals surface area contributed by atoms with Crippen LogP contribution in [0.2, 0.25) is 0 Å². The van der Waals surface area contributed by atoms with Crippen LogP contribution < -0.4 is 21.3 Å². The minimum Gasteiger partial charge on any atom is -0.465 e. The molecule has 0 aliphatic rings. The van der Waals surface area contributed by atoms with Gasteiger partial charge in [-0.2, -0.15) is 0 Å². The average Bonchev–Trinajstić information content (AvgIpc) is 3.28. The van der Waals surface area contributed by atoms with Gasteiger partial charge in [-0.1, -0.05) is 18.2 Å². The van der Waals surface area contributed by atoms with Crippen molar-refractivity contribution in [1.82, 2.24) is 10.6 Å². The van der Waals surface area contributed by atoms with Crippen molar-refractivity contribution in [3.63, 3.8) is 0 Å². The van der Waals surface area contributed by atoms with E-state index in [0.29, 0.717) is 22.7 Å². The van der Waals surface area contributed by atoms with Gasteiger partial charge in [0.15, 0.2) is 0 Å². The first-order chi connectivity index (χ1) is 15.4. The molecule has 0 aliphatic heterocycles. The van der Waals surface area contributed by atoms with Gasteiger partial charge in [-0.3, -0.25) is 9.59 Å². The van der Waals surface area contributed by atoms with Gasteiger partial charge in [-0.15, -0.1) is 0 Å². The third-order valence-corrected chi connectivity index (χ3v) is 4.18. The summed E-state index contributed by atoms with van der Waals surface area (Å²) in [5.74, 6) is -0.530. The Morgan fingerprint density at radius 3 is 2.09 bits per heavy atom. The van der Waals surface area contributed by atoms with Crippen molar-refractivity contribution >= 4 is 35.3 Å². The highest BCUT2D eigenvalue weighted by Gasteiger charge is 2.16. The summed E-state index contributed by atoms with van der Waals surface area (Å²) in [5, 5.41) is 10.8. The van der Waals surface area contributed by atoms with Gasteiger partial charge in [-0.05, 0) is 62.4 Å². The third-order valence-electron chi connectivity index (χ3n) is 4.18. The van der Waals surface area contributed by atoms with Crippen molar-refractivity contribution in [2.75, 3.05) is 10.6 Å². The molecule has 1 heterocycles. The van der Waals surface area contributed by atoms with Crippen LogP contribution in [0.15, 0.2) is 83.1 Å². The molecule has 8 nitrogen and oxygen atoms in total. The van der Waals surface area contributed by atoms with Gasteiger partial charge < -0.3 is 25.7 Å². The smallest absolute Gasteiger partial charge is 0.319 e. The van der Waals surface area contributed by atoms with Gasteiger partial charge in [0, 0.05) is 29.1 Å². The van der Waals surface area contributed by atoms with Gasteiger partial charge >= 0.3 is 6.03 Å². The molecule has 4 amide bonds. The van der Waals surface area contributed by atoms with E-state index in [2.05, 4.69) is 21.3 Å². The van der Waals surface area contributed by atoms with Gasteiger partial charge in [0.1, 0.15) is 11.5 Å². The monoisotopic (exact) mass is 432 g/mol. The van der Waals surface area contributed by atoms with Crippen molar-refractivity contribution in [3.05, 3.63) is 90.0 Å². The molecule has 0 saturated heterocycles. The molecule has 32 heavy (non-hydrogen) atoms. The fourth-order valence-corrected chi connectivity index (χ4v) is 2.72. The predicted molar refractivity (Wildman–Crippen MR) is 123 cm³/mol. The lowest BCUT2D eigenvalue weighted by molar-refractivity contribution is -0.113. The standard InChI is InChI=1S/C24H24N4O4/c1-16(2)25-24(31)27-19-12-10-18(11-13-19)26-23(30)21(15-20-9-6-14-32-20)28-22(29)17-7-4-3-5-8-17/h3-16H,1-2H3,(H,26,30)(H,28,29)(H2,25,27,31). The maximum absolute atomic E-state index is 12.9. The summed E-state index contributed by atoms with van der Waals surface area (Å²) in [6.45, 7) is 3.73. The summed E-state index contributed by atoms with van der Waals surface area (Å²) in [7, 11) is 0. The molecule has 3 rings (SSSR count). The van der Waals surface area contributed by atoms with Crippen LogP contribution in [-0.4, -0.2) is 23.9 Å². The second kappa shape index (κ2) is 10.6. The average molecular weight is 432 g/mol. The van der Waals surface area contributed by atoms with E-state index in [1.165, 1.54) is 12.3 Å². The number of benzene rings is 2. The first kappa shape index (κ1) is 22.4. The van der Waals surface area contributed by atoms with Gasteiger partial charge in [-0.25, -0.2) is 4.79 Å². The second-order valence-corrected chi connectivity index (χ2v) is 7.18. The normalized spacial score (nSPS) is 11.0. The van der Waals surface area contributed by atoms with Crippen LogP contribution >= 0.6 is 0 Å². The molecule has 4 N–H and O–H groups in total. The number of amides is 4. The minimum absolute atomic E-state index is 0.0130. The summed E-state index contributed by atoms with van der Waals surface area (Å²) in [4.78, 5) is 37.2. The van der Waals surface area contributed by atoms with Gasteiger partial charge in [0.25, 0.3) is 11.8 Å². The summed E-state index contributed by atoms with van der Waals surface area (Å²) >= 11 is 0. The summed E-state index contributed by atoms with van der Waals surface area (Å²) in [5.41, 5.74) is 1.50. The molecule has 8 heteroatoms. The molecule has 0 spiro atoms. The van der Waals surface area contributed by atoms with E-state index < -0.39 is 11.8 Å². The van der Waals surface area contributed by atoms with E-state index in [1.54, 1.807) is 66.7 Å². The number of anilines is 2. The molecule has 0 unspecified atom stereocenters. The molecule has 3 aromatic rings. The Bertz CT molecular complexity index is 1090. The van der Waals surface area contributed by atoms with E-state index >= 15 is 0 Å². The molecular formula is C24H24N4O4. The zero-order chi connectivity index (χ0) is 22.9. The lowest BCUT2D eigenvalue weighted by Crippen LogP contribution is -2.34. The van der Waals surface area contributed by atoms with E-state index in [1.807, 2.05) is 13.8 Å². The van der Waals surface area contributed by atoms with Gasteiger partial charge in [0.2, 0.25) is 0 Å². The molecule has 0 bridgehead atoms. The summed E-state index contributed by atoms with van der Waals surface area (Å²) in [6.07, 6.45) is 2.92. The number of furan rings is 1. The van der Waals surface area contributed by atoms with Crippen molar-refractivity contribution in [1.29, 1.82) is 0 Å². The maximum atomic E-state index is 12.9. The Morgan fingerprint density at radius 2 is 1.50 bits per heavy atom. The van der Waals surface area contributed by atoms with Crippen LogP contribution in [0.5, 0.6) is 0 Å². The summed E-state index contributed by atoms with van der Waals surface area (Å²) in [6, 6.07) is 18.2. The molecule has 0 atom stereocenters. The van der Waals surface area contributed by atoms with Crippen LogP contribution in [0.1, 0.15) is 30.0 Å². The van der Waals surface area contributed by atoms with Crippen LogP contribution in [0.4, 0.5) is 16.2 Å². The Labute approximate surface area is 185 Å². The Hall–Kier alpha value is -4.33. The van der Waals surface area contributed by atoms with Crippen molar-refractivity contribution < 1.29 is 18.8 Å².